The smallest absolute Gasteiger partial charge is 0.269 e. The maximum absolute atomic E-state index is 12.6. The number of carbonyl (C=O) groups is 1. The molecule has 0 aromatic heterocycles. The highest BCUT2D eigenvalue weighted by Crippen LogP contribution is 2.29. The summed E-state index contributed by atoms with van der Waals surface area (Å²) in [5.41, 5.74) is -0.562. The van der Waals surface area contributed by atoms with Crippen molar-refractivity contribution in [1.82, 2.24) is 9.80 Å². The van der Waals surface area contributed by atoms with Crippen molar-refractivity contribution in [3.8, 4) is 0 Å². The van der Waals surface area contributed by atoms with Crippen molar-refractivity contribution in [2.75, 3.05) is 27.2 Å². The van der Waals surface area contributed by atoms with Crippen molar-refractivity contribution < 1.29 is 18.7 Å². The number of halogens is 2. The molecule has 0 unspecified atom stereocenters. The van der Waals surface area contributed by atoms with Crippen LogP contribution in [0.2, 0.25) is 0 Å². The second-order valence-corrected chi connectivity index (χ2v) is 5.41. The molecule has 4 nitrogen and oxygen atoms in total. The van der Waals surface area contributed by atoms with E-state index in [4.69, 9.17) is 0 Å². The minimum atomic E-state index is -2.74. The first-order valence-corrected chi connectivity index (χ1v) is 6.36. The van der Waals surface area contributed by atoms with Gasteiger partial charge in [0.15, 0.2) is 5.60 Å². The van der Waals surface area contributed by atoms with Gasteiger partial charge in [0.2, 0.25) is 0 Å². The van der Waals surface area contributed by atoms with Gasteiger partial charge >= 0.3 is 0 Å². The predicted molar refractivity (Wildman–Crippen MR) is 70.7 cm³/mol. The van der Waals surface area contributed by atoms with E-state index in [0.29, 0.717) is 12.1 Å². The van der Waals surface area contributed by atoms with Crippen molar-refractivity contribution in [3.05, 3.63) is 35.4 Å². The van der Waals surface area contributed by atoms with Crippen LogP contribution in [-0.2, 0) is 6.54 Å². The van der Waals surface area contributed by atoms with Gasteiger partial charge < -0.3 is 10.0 Å². The van der Waals surface area contributed by atoms with Crippen LogP contribution in [0, 0.1) is 0 Å². The Morgan fingerprint density at radius 2 is 2.00 bits per heavy atom. The number of alkyl halides is 2. The fourth-order valence-electron chi connectivity index (χ4n) is 2.33. The lowest BCUT2D eigenvalue weighted by Crippen LogP contribution is -2.65. The van der Waals surface area contributed by atoms with Crippen LogP contribution in [0.1, 0.15) is 15.9 Å². The molecular weight excluding hydrogens is 266 g/mol. The molecule has 0 bridgehead atoms. The van der Waals surface area contributed by atoms with Gasteiger partial charge in [-0.25, -0.2) is 8.78 Å². The molecule has 0 aliphatic carbocycles. The highest BCUT2D eigenvalue weighted by Gasteiger charge is 2.48. The molecule has 1 aromatic carbocycles. The van der Waals surface area contributed by atoms with Crippen LogP contribution in [0.5, 0.6) is 0 Å². The lowest BCUT2D eigenvalue weighted by Gasteiger charge is -2.45. The Labute approximate surface area is 116 Å². The van der Waals surface area contributed by atoms with Crippen molar-refractivity contribution in [2.45, 2.75) is 18.6 Å². The molecular formula is C14H18F2N2O2. The third kappa shape index (κ3) is 2.81. The number of aliphatic hydroxyl groups is 1. The van der Waals surface area contributed by atoms with Crippen molar-refractivity contribution >= 4 is 5.91 Å². The van der Waals surface area contributed by atoms with Crippen molar-refractivity contribution in [1.29, 1.82) is 0 Å². The summed E-state index contributed by atoms with van der Waals surface area (Å²) in [5, 5.41) is 9.54. The predicted octanol–water partition coefficient (Wildman–Crippen LogP) is 1.20. The maximum atomic E-state index is 12.6. The lowest BCUT2D eigenvalue weighted by atomic mass is 9.93. The first-order chi connectivity index (χ1) is 9.33. The maximum Gasteiger partial charge on any atom is 0.269 e. The fourth-order valence-corrected chi connectivity index (χ4v) is 2.33. The minimum Gasteiger partial charge on any atom is -0.381 e. The number of β-amino-alcohol motifs (C(OH)–C–C–N with tert-alkyl or cyclic N) is 1. The van der Waals surface area contributed by atoms with Gasteiger partial charge in [-0.05, 0) is 11.6 Å². The van der Waals surface area contributed by atoms with E-state index in [1.165, 1.54) is 4.90 Å². The first kappa shape index (κ1) is 14.9. The summed E-state index contributed by atoms with van der Waals surface area (Å²) >= 11 is 0. The summed E-state index contributed by atoms with van der Waals surface area (Å²) in [6.45, 7) is 0.231. The van der Waals surface area contributed by atoms with Gasteiger partial charge in [0.05, 0.1) is 0 Å². The van der Waals surface area contributed by atoms with Gasteiger partial charge in [0.25, 0.3) is 12.3 Å². The zero-order valence-corrected chi connectivity index (χ0v) is 11.5. The van der Waals surface area contributed by atoms with Crippen LogP contribution in [0.15, 0.2) is 24.3 Å². The summed E-state index contributed by atoms with van der Waals surface area (Å²) in [4.78, 5) is 15.2. The molecule has 0 spiro atoms. The van der Waals surface area contributed by atoms with Crippen molar-refractivity contribution in [3.63, 3.8) is 0 Å². The average molecular weight is 284 g/mol. The largest absolute Gasteiger partial charge is 0.381 e. The molecule has 0 atom stereocenters. The van der Waals surface area contributed by atoms with E-state index in [1.807, 2.05) is 0 Å². The zero-order chi connectivity index (χ0) is 14.9. The van der Waals surface area contributed by atoms with Gasteiger partial charge in [0.1, 0.15) is 0 Å². The molecule has 1 aliphatic heterocycles. The fraction of sp³-hybridized carbons (Fsp3) is 0.500. The summed E-state index contributed by atoms with van der Waals surface area (Å²) in [7, 11) is 3.33. The molecule has 20 heavy (non-hydrogen) atoms. The number of hydrogen-bond donors (Lipinski definition) is 1. The molecule has 1 N–H and O–H groups in total. The van der Waals surface area contributed by atoms with Crippen LogP contribution in [-0.4, -0.2) is 60.0 Å². The van der Waals surface area contributed by atoms with E-state index in [1.54, 1.807) is 43.3 Å². The van der Waals surface area contributed by atoms with E-state index in [-0.39, 0.29) is 19.0 Å². The second kappa shape index (κ2) is 5.46. The van der Waals surface area contributed by atoms with E-state index in [9.17, 15) is 18.7 Å². The van der Waals surface area contributed by atoms with Gasteiger partial charge in [-0.2, -0.15) is 0 Å². The highest BCUT2D eigenvalue weighted by molar-refractivity contribution is 5.95. The quantitative estimate of drug-likeness (QED) is 0.903. The number of benzene rings is 1. The Kier molecular flexibility index (Phi) is 4.06. The van der Waals surface area contributed by atoms with E-state index >= 15 is 0 Å². The molecule has 1 heterocycles. The number of carbonyl (C=O) groups excluding carboxylic acids is 1. The van der Waals surface area contributed by atoms with Crippen LogP contribution in [0.4, 0.5) is 8.78 Å². The third-order valence-electron chi connectivity index (χ3n) is 3.45. The number of likely N-dealkylation sites (tertiary alicyclic amines) is 1. The second-order valence-electron chi connectivity index (χ2n) is 5.41. The standard InChI is InChI=1S/C14H18F2N2O2/c1-17(2)12(19)11-6-4-3-5-10(11)7-18-8-14(20,9-18)13(15)16/h3-6,13,20H,7-9H2,1-2H3. The molecule has 1 fully saturated rings. The first-order valence-electron chi connectivity index (χ1n) is 6.36. The molecule has 1 amide bonds. The lowest BCUT2D eigenvalue weighted by molar-refractivity contribution is -0.181. The monoisotopic (exact) mass is 284 g/mol. The number of nitrogens with zero attached hydrogens (tertiary/aromatic N) is 2. The number of hydrogen-bond acceptors (Lipinski definition) is 3. The summed E-state index contributed by atoms with van der Waals surface area (Å²) < 4.78 is 25.1. The third-order valence-corrected chi connectivity index (χ3v) is 3.45. The van der Waals surface area contributed by atoms with Crippen LogP contribution >= 0.6 is 0 Å². The van der Waals surface area contributed by atoms with Crippen molar-refractivity contribution in [2.24, 2.45) is 0 Å². The average Bonchev–Trinajstić information content (AvgIpc) is 2.36. The molecule has 0 saturated carbocycles. The number of rotatable bonds is 4. The van der Waals surface area contributed by atoms with Gasteiger partial charge in [-0.1, -0.05) is 18.2 Å². The van der Waals surface area contributed by atoms with Gasteiger partial charge in [-0.3, -0.25) is 9.69 Å². The van der Waals surface area contributed by atoms with Crippen LogP contribution in [0.3, 0.4) is 0 Å². The molecule has 1 saturated heterocycles. The van der Waals surface area contributed by atoms with E-state index in [2.05, 4.69) is 0 Å². The molecule has 2 rings (SSSR count). The SMILES string of the molecule is CN(C)C(=O)c1ccccc1CN1CC(O)(C(F)F)C1. The number of amides is 1. The Morgan fingerprint density at radius 3 is 2.55 bits per heavy atom. The molecule has 6 heteroatoms. The van der Waals surface area contributed by atoms with E-state index < -0.39 is 12.0 Å². The topological polar surface area (TPSA) is 43.8 Å². The normalized spacial score (nSPS) is 17.9. The summed E-state index contributed by atoms with van der Waals surface area (Å²) in [6.07, 6.45) is -2.74. The van der Waals surface area contributed by atoms with E-state index in [0.717, 1.165) is 5.56 Å². The summed E-state index contributed by atoms with van der Waals surface area (Å²) in [6, 6.07) is 7.10. The Hall–Kier alpha value is -1.53. The molecule has 110 valence electrons. The summed E-state index contributed by atoms with van der Waals surface area (Å²) in [5.74, 6) is -0.120. The molecule has 1 aliphatic rings. The Morgan fingerprint density at radius 1 is 1.40 bits per heavy atom. The molecule has 0 radical (unpaired) electrons. The Balaban J connectivity index is 2.07. The molecule has 1 aromatic rings. The highest BCUT2D eigenvalue weighted by atomic mass is 19.3. The van der Waals surface area contributed by atoms with Crippen LogP contribution < -0.4 is 0 Å². The Bertz CT molecular complexity index is 500. The zero-order valence-electron chi connectivity index (χ0n) is 11.5. The van der Waals surface area contributed by atoms with Crippen LogP contribution in [0.25, 0.3) is 0 Å². The van der Waals surface area contributed by atoms with Gasteiger partial charge in [-0.15, -0.1) is 0 Å². The minimum absolute atomic E-state index is 0.0743. The van der Waals surface area contributed by atoms with Gasteiger partial charge in [0, 0.05) is 39.3 Å².